The molecule has 3 heterocycles. The molecule has 10 heteroatoms. The molecule has 0 saturated carbocycles. The van der Waals surface area contributed by atoms with Crippen molar-refractivity contribution in [3.8, 4) is 0 Å². The molecule has 2 saturated heterocycles. The highest BCUT2D eigenvalue weighted by Gasteiger charge is 2.57. The highest BCUT2D eigenvalue weighted by Crippen LogP contribution is 2.53. The Bertz CT molecular complexity index is 602. The summed E-state index contributed by atoms with van der Waals surface area (Å²) in [5.41, 5.74) is -0.0772. The first-order valence-electron chi connectivity index (χ1n) is 7.55. The molecule has 2 amide bonds. The van der Waals surface area contributed by atoms with Gasteiger partial charge in [-0.05, 0) is 6.92 Å². The number of carboxylic acids is 1. The van der Waals surface area contributed by atoms with Gasteiger partial charge in [0.15, 0.2) is 5.70 Å². The van der Waals surface area contributed by atoms with Crippen molar-refractivity contribution in [2.45, 2.75) is 18.4 Å². The van der Waals surface area contributed by atoms with Crippen LogP contribution in [0, 0.1) is 5.92 Å². The zero-order chi connectivity index (χ0) is 17.4. The molecular formula is C14H18N2O6S2. The number of thioether (sulfide) groups is 2. The first-order chi connectivity index (χ1) is 11.4. The third-order valence-electron chi connectivity index (χ3n) is 4.16. The fourth-order valence-electron chi connectivity index (χ4n) is 2.88. The van der Waals surface area contributed by atoms with Crippen LogP contribution in [-0.2, 0) is 19.1 Å². The number of amides is 2. The average molecular weight is 374 g/mol. The van der Waals surface area contributed by atoms with Crippen LogP contribution in [0.3, 0.4) is 0 Å². The van der Waals surface area contributed by atoms with Crippen LogP contribution in [0.2, 0.25) is 0 Å². The van der Waals surface area contributed by atoms with Crippen LogP contribution in [-0.4, -0.2) is 81.3 Å². The molecule has 0 unspecified atom stereocenters. The zero-order valence-electron chi connectivity index (χ0n) is 13.0. The summed E-state index contributed by atoms with van der Waals surface area (Å²) in [5.74, 6) is -2.13. The molecule has 2 N–H and O–H groups in total. The highest BCUT2D eigenvalue weighted by atomic mass is 32.2. The summed E-state index contributed by atoms with van der Waals surface area (Å²) >= 11 is 2.38. The predicted molar refractivity (Wildman–Crippen MR) is 87.9 cm³/mol. The Morgan fingerprint density at radius 3 is 2.67 bits per heavy atom. The van der Waals surface area contributed by atoms with Crippen molar-refractivity contribution in [3.05, 3.63) is 9.93 Å². The van der Waals surface area contributed by atoms with E-state index < -0.39 is 23.4 Å². The highest BCUT2D eigenvalue weighted by molar-refractivity contribution is 8.23. The molecule has 3 atom stereocenters. The van der Waals surface area contributed by atoms with Crippen LogP contribution in [0.15, 0.2) is 9.93 Å². The third kappa shape index (κ3) is 3.03. The van der Waals surface area contributed by atoms with Crippen molar-refractivity contribution in [1.82, 2.24) is 9.80 Å². The number of aliphatic hydroxyl groups is 1. The second-order valence-electron chi connectivity index (χ2n) is 5.71. The lowest BCUT2D eigenvalue weighted by molar-refractivity contribution is -0.156. The van der Waals surface area contributed by atoms with Gasteiger partial charge in [-0.25, -0.2) is 4.79 Å². The Balaban J connectivity index is 1.67. The van der Waals surface area contributed by atoms with E-state index in [9.17, 15) is 24.6 Å². The van der Waals surface area contributed by atoms with Crippen molar-refractivity contribution in [1.29, 1.82) is 0 Å². The van der Waals surface area contributed by atoms with E-state index in [0.29, 0.717) is 30.5 Å². The molecule has 0 aromatic carbocycles. The van der Waals surface area contributed by atoms with Crippen molar-refractivity contribution in [3.63, 3.8) is 0 Å². The van der Waals surface area contributed by atoms with Crippen LogP contribution in [0.1, 0.15) is 6.92 Å². The van der Waals surface area contributed by atoms with Gasteiger partial charge in [0, 0.05) is 13.1 Å². The second-order valence-corrected chi connectivity index (χ2v) is 8.08. The number of fused-ring (bicyclic) bond motifs is 1. The summed E-state index contributed by atoms with van der Waals surface area (Å²) in [5, 5.41) is 18.7. The summed E-state index contributed by atoms with van der Waals surface area (Å²) < 4.78 is 5.65. The maximum Gasteiger partial charge on any atom is 0.354 e. The van der Waals surface area contributed by atoms with Gasteiger partial charge in [0.05, 0.1) is 35.2 Å². The summed E-state index contributed by atoms with van der Waals surface area (Å²) in [4.78, 5) is 38.7. The Kier molecular flexibility index (Phi) is 5.09. The Hall–Kier alpha value is -1.23. The number of morpholine rings is 1. The van der Waals surface area contributed by atoms with Crippen LogP contribution < -0.4 is 0 Å². The van der Waals surface area contributed by atoms with Crippen LogP contribution in [0.4, 0.5) is 0 Å². The largest absolute Gasteiger partial charge is 0.477 e. The molecule has 2 fully saturated rings. The second kappa shape index (κ2) is 6.95. The lowest BCUT2D eigenvalue weighted by Crippen LogP contribution is -2.60. The van der Waals surface area contributed by atoms with E-state index in [-0.39, 0.29) is 23.3 Å². The SMILES string of the molecule is C[C@H](O)[C@@H]1C(=O)N2C(C(=O)O)=C(SCC(=O)N3CCOCC3)S[C@H]12. The van der Waals surface area contributed by atoms with Crippen LogP contribution in [0.5, 0.6) is 0 Å². The van der Waals surface area contributed by atoms with Gasteiger partial charge in [-0.3, -0.25) is 14.5 Å². The van der Waals surface area contributed by atoms with E-state index in [1.54, 1.807) is 4.90 Å². The van der Waals surface area contributed by atoms with Gasteiger partial charge in [0.1, 0.15) is 5.37 Å². The number of hydrogen-bond donors (Lipinski definition) is 2. The molecule has 3 rings (SSSR count). The van der Waals surface area contributed by atoms with E-state index >= 15 is 0 Å². The number of rotatable bonds is 5. The molecule has 0 bridgehead atoms. The van der Waals surface area contributed by atoms with Gasteiger partial charge in [0.25, 0.3) is 0 Å². The number of ether oxygens (including phenoxy) is 1. The maximum absolute atomic E-state index is 12.2. The van der Waals surface area contributed by atoms with Gasteiger partial charge in [-0.15, -0.1) is 11.8 Å². The summed E-state index contributed by atoms with van der Waals surface area (Å²) in [6, 6.07) is 0. The number of β-lactam (4-membered cyclic amide) rings is 1. The molecule has 24 heavy (non-hydrogen) atoms. The number of nitrogens with zero attached hydrogens (tertiary/aromatic N) is 2. The average Bonchev–Trinajstić information content (AvgIpc) is 2.87. The van der Waals surface area contributed by atoms with Crippen molar-refractivity contribution in [2.75, 3.05) is 32.1 Å². The molecule has 0 aromatic rings. The molecule has 0 aromatic heterocycles. The lowest BCUT2D eigenvalue weighted by atomic mass is 9.92. The van der Waals surface area contributed by atoms with Gasteiger partial charge < -0.3 is 19.8 Å². The summed E-state index contributed by atoms with van der Waals surface area (Å²) in [6.45, 7) is 3.61. The third-order valence-corrected chi connectivity index (χ3v) is 6.80. The minimum Gasteiger partial charge on any atom is -0.477 e. The Morgan fingerprint density at radius 2 is 2.08 bits per heavy atom. The van der Waals surface area contributed by atoms with Crippen molar-refractivity contribution >= 4 is 41.3 Å². The number of carbonyl (C=O) groups excluding carboxylic acids is 2. The lowest BCUT2D eigenvalue weighted by Gasteiger charge is -2.43. The summed E-state index contributed by atoms with van der Waals surface area (Å²) in [6.07, 6.45) is -0.833. The maximum atomic E-state index is 12.2. The smallest absolute Gasteiger partial charge is 0.354 e. The van der Waals surface area contributed by atoms with Gasteiger partial charge in [-0.1, -0.05) is 11.8 Å². The van der Waals surface area contributed by atoms with Crippen LogP contribution in [0.25, 0.3) is 0 Å². The number of carbonyl (C=O) groups is 3. The number of carboxylic acid groups (broad SMARTS) is 1. The van der Waals surface area contributed by atoms with E-state index in [1.165, 1.54) is 23.6 Å². The molecule has 8 nitrogen and oxygen atoms in total. The molecule has 0 radical (unpaired) electrons. The number of aliphatic hydroxyl groups excluding tert-OH is 1. The van der Waals surface area contributed by atoms with Gasteiger partial charge in [0.2, 0.25) is 11.8 Å². The first kappa shape index (κ1) is 17.6. The Labute approximate surface area is 147 Å². The van der Waals surface area contributed by atoms with Gasteiger partial charge in [-0.2, -0.15) is 0 Å². The normalized spacial score (nSPS) is 27.8. The van der Waals surface area contributed by atoms with E-state index in [4.69, 9.17) is 4.74 Å². The summed E-state index contributed by atoms with van der Waals surface area (Å²) in [7, 11) is 0. The van der Waals surface area contributed by atoms with Crippen molar-refractivity contribution < 1.29 is 29.3 Å². The number of aliphatic carboxylic acids is 1. The first-order valence-corrected chi connectivity index (χ1v) is 9.42. The molecule has 3 aliphatic rings. The molecular weight excluding hydrogens is 356 g/mol. The quantitative estimate of drug-likeness (QED) is 0.634. The standard InChI is InChI=1S/C14H18N2O6S2/c1-7(17)9-11(19)16-10(13(20)21)14(24-12(9)16)23-6-8(18)15-2-4-22-5-3-15/h7,9,12,17H,2-6H2,1H3,(H,20,21)/t7-,9+,12+/m0/s1. The van der Waals surface area contributed by atoms with E-state index in [1.807, 2.05) is 0 Å². The number of hydrogen-bond acceptors (Lipinski definition) is 7. The molecule has 3 aliphatic heterocycles. The fourth-order valence-corrected chi connectivity index (χ4v) is 5.71. The zero-order valence-corrected chi connectivity index (χ0v) is 14.6. The minimum atomic E-state index is -1.19. The van der Waals surface area contributed by atoms with Crippen molar-refractivity contribution in [2.24, 2.45) is 5.92 Å². The van der Waals surface area contributed by atoms with Crippen LogP contribution >= 0.6 is 23.5 Å². The molecule has 0 spiro atoms. The minimum absolute atomic E-state index is 0.0752. The Morgan fingerprint density at radius 1 is 1.42 bits per heavy atom. The molecule has 0 aliphatic carbocycles. The van der Waals surface area contributed by atoms with E-state index in [2.05, 4.69) is 0 Å². The monoisotopic (exact) mass is 374 g/mol. The predicted octanol–water partition coefficient (Wildman–Crippen LogP) is -0.256. The van der Waals surface area contributed by atoms with E-state index in [0.717, 1.165) is 11.8 Å². The topological polar surface area (TPSA) is 107 Å². The van der Waals surface area contributed by atoms with Gasteiger partial charge >= 0.3 is 5.97 Å². The molecule has 132 valence electrons. The fraction of sp³-hybridized carbons (Fsp3) is 0.643.